The van der Waals surface area contributed by atoms with Crippen LogP contribution in [0.25, 0.3) is 0 Å². The number of benzene rings is 1. The molecule has 8 nitrogen and oxygen atoms in total. The summed E-state index contributed by atoms with van der Waals surface area (Å²) >= 11 is 0. The minimum Gasteiger partial charge on any atom is -0.504 e. The fraction of sp³-hybridized carbons (Fsp3) is 0.533. The summed E-state index contributed by atoms with van der Waals surface area (Å²) in [5.41, 5.74) is 5.98. The van der Waals surface area contributed by atoms with Gasteiger partial charge in [-0.25, -0.2) is 0 Å². The highest BCUT2D eigenvalue weighted by Gasteiger charge is 2.68. The van der Waals surface area contributed by atoms with Crippen molar-refractivity contribution >= 4 is 11.8 Å². The van der Waals surface area contributed by atoms with Crippen LogP contribution in [0.5, 0.6) is 11.5 Å². The number of likely N-dealkylation sites (tertiary alicyclic amines) is 1. The maximum atomic E-state index is 13.0. The van der Waals surface area contributed by atoms with Gasteiger partial charge in [-0.15, -0.1) is 0 Å². The second kappa shape index (κ2) is 11.8. The molecule has 5 atom stereocenters. The Bertz CT molecular complexity index is 1130. The molecule has 1 aromatic carbocycles. The summed E-state index contributed by atoms with van der Waals surface area (Å²) in [6.07, 6.45) is 7.05. The number of likely N-dealkylation sites (N-methyl/N-ethyl adjacent to an activating group) is 1. The molecule has 4 N–H and O–H groups in total. The number of nitrogens with two attached hydrogens (primary N) is 1. The maximum Gasteiger partial charge on any atom is 0.307 e. The van der Waals surface area contributed by atoms with E-state index in [0.29, 0.717) is 18.6 Å². The first kappa shape index (κ1) is 29.6. The Hall–Kier alpha value is -2.94. The minimum absolute atomic E-state index is 0.0306. The van der Waals surface area contributed by atoms with Gasteiger partial charge in [0.2, 0.25) is 0 Å². The molecule has 0 amide bonds. The van der Waals surface area contributed by atoms with Gasteiger partial charge in [0.05, 0.1) is 17.4 Å². The van der Waals surface area contributed by atoms with Crippen LogP contribution in [0.1, 0.15) is 57.6 Å². The third kappa shape index (κ3) is 5.05. The van der Waals surface area contributed by atoms with E-state index in [0.717, 1.165) is 23.2 Å². The molecule has 8 heteroatoms. The second-order valence-electron chi connectivity index (χ2n) is 10.5. The zero-order valence-corrected chi connectivity index (χ0v) is 23.2. The molecule has 1 saturated heterocycles. The number of carbonyl (C=O) groups is 2. The van der Waals surface area contributed by atoms with Crippen LogP contribution in [0.15, 0.2) is 48.6 Å². The number of ether oxygens (including phenoxy) is 2. The molecule has 1 aromatic rings. The molecule has 0 bridgehead atoms. The highest BCUT2D eigenvalue weighted by atomic mass is 16.5. The highest BCUT2D eigenvalue weighted by molar-refractivity contribution is 5.87. The van der Waals surface area contributed by atoms with E-state index in [9.17, 15) is 19.8 Å². The number of piperidine rings is 1. The molecule has 5 unspecified atom stereocenters. The average molecular weight is 527 g/mol. The Labute approximate surface area is 225 Å². The number of aryl methyl sites for hydroxylation is 1. The molecular formula is C30H42N2O6. The number of carbonyl (C=O) groups excluding carboxylic acids is 2. The van der Waals surface area contributed by atoms with Gasteiger partial charge in [-0.3, -0.25) is 9.59 Å². The first-order valence-corrected chi connectivity index (χ1v) is 13.3. The highest BCUT2D eigenvalue weighted by Crippen LogP contribution is 2.62. The Balaban J connectivity index is 0.000000732. The molecule has 0 aromatic heterocycles. The number of fused-ring (bicyclic) bond motifs is 1. The van der Waals surface area contributed by atoms with Crippen LogP contribution in [-0.2, 0) is 19.7 Å². The van der Waals surface area contributed by atoms with Crippen LogP contribution in [0.2, 0.25) is 0 Å². The van der Waals surface area contributed by atoms with Crippen LogP contribution in [-0.4, -0.2) is 70.9 Å². The zero-order chi connectivity index (χ0) is 28.3. The number of hydrogen-bond donors (Lipinski definition) is 3. The van der Waals surface area contributed by atoms with Crippen molar-refractivity contribution < 1.29 is 29.3 Å². The van der Waals surface area contributed by atoms with Crippen LogP contribution < -0.4 is 10.5 Å². The van der Waals surface area contributed by atoms with Gasteiger partial charge in [0.1, 0.15) is 6.10 Å². The molecule has 3 aliphatic rings. The molecule has 2 aliphatic heterocycles. The monoisotopic (exact) mass is 526 g/mol. The zero-order valence-electron chi connectivity index (χ0n) is 23.2. The fourth-order valence-corrected chi connectivity index (χ4v) is 6.12. The first-order chi connectivity index (χ1) is 18.0. The maximum absolute atomic E-state index is 13.0. The van der Waals surface area contributed by atoms with Crippen molar-refractivity contribution in [2.24, 2.45) is 5.73 Å². The lowest BCUT2D eigenvalue weighted by molar-refractivity contribution is -0.154. The number of rotatable bonds is 7. The van der Waals surface area contributed by atoms with Gasteiger partial charge in [-0.2, -0.15) is 0 Å². The summed E-state index contributed by atoms with van der Waals surface area (Å²) < 4.78 is 11.6. The van der Waals surface area contributed by atoms with Crippen molar-refractivity contribution in [3.05, 3.63) is 59.7 Å². The Morgan fingerprint density at radius 1 is 1.39 bits per heavy atom. The number of nitrogens with zero attached hydrogens (tertiary/aromatic N) is 1. The standard InChI is InChI=1S/C25H34N2O6.C5H8/c1-14-5-6-18(28)22-21(14)24-10-12-27(4)16(3)25(24,31)9-7-17(23(24)33-22)13-19(29)15(2)32-20(30)8-11-26;1-3-5-4-2/h5-7,15-16,23,28,31H,8-13,26H2,1-4H3;3-5H,1H2,2H3/b;5-4-. The first-order valence-electron chi connectivity index (χ1n) is 13.3. The number of esters is 1. The number of hydrogen-bond acceptors (Lipinski definition) is 8. The number of allylic oxidation sites excluding steroid dienone is 3. The van der Waals surface area contributed by atoms with Crippen LogP contribution in [0, 0.1) is 6.92 Å². The van der Waals surface area contributed by atoms with Crippen molar-refractivity contribution in [3.63, 3.8) is 0 Å². The van der Waals surface area contributed by atoms with E-state index in [1.54, 1.807) is 19.1 Å². The van der Waals surface area contributed by atoms with Gasteiger partial charge in [0.25, 0.3) is 0 Å². The lowest BCUT2D eigenvalue weighted by Crippen LogP contribution is -2.71. The number of aromatic hydroxyl groups is 1. The molecule has 4 rings (SSSR count). The van der Waals surface area contributed by atoms with Gasteiger partial charge >= 0.3 is 5.97 Å². The molecular weight excluding hydrogens is 484 g/mol. The van der Waals surface area contributed by atoms with Gasteiger partial charge < -0.3 is 30.3 Å². The summed E-state index contributed by atoms with van der Waals surface area (Å²) in [6, 6.07) is 3.29. The summed E-state index contributed by atoms with van der Waals surface area (Å²) in [6.45, 7) is 11.9. The summed E-state index contributed by atoms with van der Waals surface area (Å²) in [5.74, 6) is -0.328. The van der Waals surface area contributed by atoms with Crippen molar-refractivity contribution in [3.8, 4) is 11.5 Å². The van der Waals surface area contributed by atoms with Crippen molar-refractivity contribution in [1.29, 1.82) is 0 Å². The Kier molecular flexibility index (Phi) is 9.23. The second-order valence-corrected chi connectivity index (χ2v) is 10.5. The number of Topliss-reactive ketones (excluding diaryl/α,β-unsaturated/α-hetero) is 1. The molecule has 0 radical (unpaired) electrons. The molecule has 2 heterocycles. The van der Waals surface area contributed by atoms with Gasteiger partial charge in [0.15, 0.2) is 23.4 Å². The van der Waals surface area contributed by atoms with Crippen LogP contribution >= 0.6 is 0 Å². The predicted octanol–water partition coefficient (Wildman–Crippen LogP) is 3.47. The van der Waals surface area contributed by atoms with Gasteiger partial charge in [-0.05, 0) is 71.3 Å². The van der Waals surface area contributed by atoms with E-state index in [-0.39, 0.29) is 37.0 Å². The average Bonchev–Trinajstić information content (AvgIpc) is 3.24. The number of phenolic OH excluding ortho intramolecular Hbond substituents is 1. The Morgan fingerprint density at radius 3 is 2.71 bits per heavy atom. The summed E-state index contributed by atoms with van der Waals surface area (Å²) in [7, 11) is 2.00. The third-order valence-electron chi connectivity index (χ3n) is 8.29. The van der Waals surface area contributed by atoms with Crippen molar-refractivity contribution in [2.45, 2.75) is 82.6 Å². The molecule has 208 valence electrons. The van der Waals surface area contributed by atoms with E-state index < -0.39 is 29.2 Å². The van der Waals surface area contributed by atoms with Crippen molar-refractivity contribution in [2.75, 3.05) is 20.1 Å². The molecule has 1 aliphatic carbocycles. The van der Waals surface area contributed by atoms with Crippen LogP contribution in [0.4, 0.5) is 0 Å². The van der Waals surface area contributed by atoms with E-state index in [1.807, 2.05) is 52.1 Å². The van der Waals surface area contributed by atoms with E-state index in [4.69, 9.17) is 15.2 Å². The summed E-state index contributed by atoms with van der Waals surface area (Å²) in [4.78, 5) is 26.9. The smallest absolute Gasteiger partial charge is 0.307 e. The quantitative estimate of drug-likeness (QED) is 0.280. The minimum atomic E-state index is -1.14. The Morgan fingerprint density at radius 2 is 2.11 bits per heavy atom. The van der Waals surface area contributed by atoms with Crippen LogP contribution in [0.3, 0.4) is 0 Å². The fourth-order valence-electron chi connectivity index (χ4n) is 6.12. The number of ketones is 1. The topological polar surface area (TPSA) is 122 Å². The SMILES string of the molecule is C=C/C=C\C.Cc1ccc(O)c2c1C13CCN(C)C(C)C1(O)CC=C(CC(=O)C(C)OC(=O)CCN)C3O2. The normalized spacial score (nSPS) is 28.6. The van der Waals surface area contributed by atoms with E-state index >= 15 is 0 Å². The largest absolute Gasteiger partial charge is 0.504 e. The molecule has 1 spiro atoms. The lowest BCUT2D eigenvalue weighted by atomic mass is 9.53. The number of phenols is 1. The molecule has 0 saturated carbocycles. The van der Waals surface area contributed by atoms with Crippen molar-refractivity contribution in [1.82, 2.24) is 4.90 Å². The number of aliphatic hydroxyl groups is 1. The molecule has 38 heavy (non-hydrogen) atoms. The molecule has 1 fully saturated rings. The lowest BCUT2D eigenvalue weighted by Gasteiger charge is -2.59. The van der Waals surface area contributed by atoms with E-state index in [1.165, 1.54) is 0 Å². The summed E-state index contributed by atoms with van der Waals surface area (Å²) in [5, 5.41) is 22.8. The predicted molar refractivity (Wildman–Crippen MR) is 147 cm³/mol. The van der Waals surface area contributed by atoms with Gasteiger partial charge in [-0.1, -0.05) is 36.9 Å². The van der Waals surface area contributed by atoms with E-state index in [2.05, 4.69) is 11.5 Å². The third-order valence-corrected chi connectivity index (χ3v) is 8.29. The van der Waals surface area contributed by atoms with Gasteiger partial charge in [0, 0.05) is 24.6 Å².